The SMILES string of the molecule is Cc1ccc(COc2nc(N)nc(-n3cccn3)c2C#N)nc1. The molecule has 23 heavy (non-hydrogen) atoms. The minimum absolute atomic E-state index is 0.00126. The molecule has 0 aliphatic rings. The zero-order valence-electron chi connectivity index (χ0n) is 12.3. The summed E-state index contributed by atoms with van der Waals surface area (Å²) in [6, 6.07) is 7.54. The summed E-state index contributed by atoms with van der Waals surface area (Å²) in [5.41, 5.74) is 7.65. The molecule has 3 aromatic rings. The maximum Gasteiger partial charge on any atom is 0.239 e. The molecule has 3 rings (SSSR count). The molecule has 0 bridgehead atoms. The summed E-state index contributed by atoms with van der Waals surface area (Å²) in [5.74, 6) is 0.381. The van der Waals surface area contributed by atoms with E-state index in [0.29, 0.717) is 0 Å². The Kier molecular flexibility index (Phi) is 3.84. The number of hydrogen-bond acceptors (Lipinski definition) is 7. The van der Waals surface area contributed by atoms with E-state index in [1.807, 2.05) is 25.1 Å². The second-order valence-corrected chi connectivity index (χ2v) is 4.76. The van der Waals surface area contributed by atoms with Gasteiger partial charge in [-0.3, -0.25) is 4.98 Å². The van der Waals surface area contributed by atoms with Crippen molar-refractivity contribution in [1.29, 1.82) is 5.26 Å². The monoisotopic (exact) mass is 307 g/mol. The van der Waals surface area contributed by atoms with Crippen molar-refractivity contribution < 1.29 is 4.74 Å². The molecule has 0 radical (unpaired) electrons. The molecule has 0 saturated heterocycles. The highest BCUT2D eigenvalue weighted by molar-refractivity contribution is 5.52. The Hall–Kier alpha value is -3.47. The van der Waals surface area contributed by atoms with E-state index < -0.39 is 0 Å². The van der Waals surface area contributed by atoms with E-state index in [1.165, 1.54) is 4.68 Å². The highest BCUT2D eigenvalue weighted by atomic mass is 16.5. The first-order chi connectivity index (χ1) is 11.2. The van der Waals surface area contributed by atoms with E-state index in [9.17, 15) is 5.26 Å². The third-order valence-electron chi connectivity index (χ3n) is 3.04. The van der Waals surface area contributed by atoms with Crippen molar-refractivity contribution in [3.05, 3.63) is 53.6 Å². The van der Waals surface area contributed by atoms with Crippen LogP contribution in [0.1, 0.15) is 16.8 Å². The zero-order chi connectivity index (χ0) is 16.2. The summed E-state index contributed by atoms with van der Waals surface area (Å²) in [7, 11) is 0. The Morgan fingerprint density at radius 2 is 2.22 bits per heavy atom. The molecule has 8 heteroatoms. The van der Waals surface area contributed by atoms with Crippen molar-refractivity contribution in [3.63, 3.8) is 0 Å². The van der Waals surface area contributed by atoms with Crippen LogP contribution in [-0.2, 0) is 6.61 Å². The Morgan fingerprint density at radius 3 is 2.87 bits per heavy atom. The molecule has 0 aromatic carbocycles. The van der Waals surface area contributed by atoms with Crippen LogP contribution in [0, 0.1) is 18.3 Å². The predicted octanol–water partition coefficient (Wildman–Crippen LogP) is 1.40. The zero-order valence-corrected chi connectivity index (χ0v) is 12.3. The number of nitriles is 1. The molecule has 8 nitrogen and oxygen atoms in total. The Labute approximate surface area is 132 Å². The van der Waals surface area contributed by atoms with Gasteiger partial charge in [-0.25, -0.2) is 4.68 Å². The maximum absolute atomic E-state index is 9.42. The molecule has 2 N–H and O–H groups in total. The molecular formula is C15H13N7O. The van der Waals surface area contributed by atoms with Crippen LogP contribution in [0.2, 0.25) is 0 Å². The normalized spacial score (nSPS) is 10.3. The topological polar surface area (TPSA) is 116 Å². The lowest BCUT2D eigenvalue weighted by Crippen LogP contribution is -2.10. The number of nitrogens with zero attached hydrogens (tertiary/aromatic N) is 6. The molecule has 0 unspecified atom stereocenters. The van der Waals surface area contributed by atoms with Crippen LogP contribution in [0.3, 0.4) is 0 Å². The van der Waals surface area contributed by atoms with Gasteiger partial charge in [-0.1, -0.05) is 6.07 Å². The number of aromatic nitrogens is 5. The average Bonchev–Trinajstić information content (AvgIpc) is 3.08. The van der Waals surface area contributed by atoms with Crippen LogP contribution in [-0.4, -0.2) is 24.7 Å². The van der Waals surface area contributed by atoms with Crippen LogP contribution in [0.5, 0.6) is 5.88 Å². The third-order valence-corrected chi connectivity index (χ3v) is 3.04. The summed E-state index contributed by atoms with van der Waals surface area (Å²) in [6.45, 7) is 2.12. The van der Waals surface area contributed by atoms with Crippen molar-refractivity contribution in [2.75, 3.05) is 5.73 Å². The number of ether oxygens (including phenoxy) is 1. The third kappa shape index (κ3) is 3.08. The number of nitrogen functional groups attached to an aromatic ring is 1. The molecule has 3 aromatic heterocycles. The van der Waals surface area contributed by atoms with Gasteiger partial charge in [0.2, 0.25) is 11.8 Å². The molecule has 0 spiro atoms. The smallest absolute Gasteiger partial charge is 0.239 e. The second-order valence-electron chi connectivity index (χ2n) is 4.76. The molecular weight excluding hydrogens is 294 g/mol. The largest absolute Gasteiger partial charge is 0.470 e. The van der Waals surface area contributed by atoms with Crippen molar-refractivity contribution in [2.45, 2.75) is 13.5 Å². The lowest BCUT2D eigenvalue weighted by Gasteiger charge is -2.10. The average molecular weight is 307 g/mol. The van der Waals surface area contributed by atoms with Gasteiger partial charge in [-0.2, -0.15) is 20.3 Å². The number of aryl methyl sites for hydroxylation is 1. The fraction of sp³-hybridized carbons (Fsp3) is 0.133. The van der Waals surface area contributed by atoms with Crippen molar-refractivity contribution in [2.24, 2.45) is 0 Å². The van der Waals surface area contributed by atoms with Crippen LogP contribution in [0.15, 0.2) is 36.8 Å². The van der Waals surface area contributed by atoms with Crippen molar-refractivity contribution in [3.8, 4) is 17.8 Å². The standard InChI is InChI=1S/C15H13N7O/c1-10-3-4-11(18-8-10)9-23-14-12(7-16)13(20-15(17)21-14)22-6-2-5-19-22/h2-6,8H,9H2,1H3,(H2,17,20,21). The maximum atomic E-state index is 9.42. The molecule has 0 atom stereocenters. The fourth-order valence-corrected chi connectivity index (χ4v) is 1.93. The van der Waals surface area contributed by atoms with Crippen LogP contribution >= 0.6 is 0 Å². The highest BCUT2D eigenvalue weighted by Gasteiger charge is 2.17. The van der Waals surface area contributed by atoms with Gasteiger partial charge in [0.05, 0.1) is 5.69 Å². The summed E-state index contributed by atoms with van der Waals surface area (Å²) in [4.78, 5) is 12.3. The molecule has 0 amide bonds. The number of hydrogen-bond donors (Lipinski definition) is 1. The summed E-state index contributed by atoms with van der Waals surface area (Å²) < 4.78 is 7.05. The minimum Gasteiger partial charge on any atom is -0.470 e. The first-order valence-corrected chi connectivity index (χ1v) is 6.79. The lowest BCUT2D eigenvalue weighted by molar-refractivity contribution is 0.288. The van der Waals surface area contributed by atoms with Gasteiger partial charge in [0, 0.05) is 18.6 Å². The number of pyridine rings is 1. The Balaban J connectivity index is 1.92. The summed E-state index contributed by atoms with van der Waals surface area (Å²) in [5, 5.41) is 13.5. The molecule has 0 aliphatic carbocycles. The molecule has 3 heterocycles. The number of nitrogens with two attached hydrogens (primary N) is 1. The first-order valence-electron chi connectivity index (χ1n) is 6.79. The fourth-order valence-electron chi connectivity index (χ4n) is 1.93. The van der Waals surface area contributed by atoms with Gasteiger partial charge in [-0.05, 0) is 24.6 Å². The van der Waals surface area contributed by atoms with Gasteiger partial charge < -0.3 is 10.5 Å². The van der Waals surface area contributed by atoms with Gasteiger partial charge in [0.1, 0.15) is 12.7 Å². The van der Waals surface area contributed by atoms with Crippen LogP contribution in [0.4, 0.5) is 5.95 Å². The van der Waals surface area contributed by atoms with E-state index >= 15 is 0 Å². The minimum atomic E-state index is 0.00126. The van der Waals surface area contributed by atoms with E-state index in [0.717, 1.165) is 11.3 Å². The molecule has 0 fully saturated rings. The summed E-state index contributed by atoms with van der Waals surface area (Å²) >= 11 is 0. The first kappa shape index (κ1) is 14.5. The second kappa shape index (κ2) is 6.11. The highest BCUT2D eigenvalue weighted by Crippen LogP contribution is 2.22. The van der Waals surface area contributed by atoms with Gasteiger partial charge in [-0.15, -0.1) is 0 Å². The van der Waals surface area contributed by atoms with Crippen LogP contribution in [0.25, 0.3) is 5.82 Å². The quantitative estimate of drug-likeness (QED) is 0.774. The van der Waals surface area contributed by atoms with Crippen LogP contribution < -0.4 is 10.5 Å². The van der Waals surface area contributed by atoms with Gasteiger partial charge in [0.25, 0.3) is 0 Å². The van der Waals surface area contributed by atoms with Gasteiger partial charge >= 0.3 is 0 Å². The molecule has 114 valence electrons. The Morgan fingerprint density at radius 1 is 1.35 bits per heavy atom. The Bertz CT molecular complexity index is 851. The molecule has 0 saturated carbocycles. The van der Waals surface area contributed by atoms with E-state index in [1.54, 1.807) is 24.7 Å². The lowest BCUT2D eigenvalue weighted by atomic mass is 10.3. The molecule has 0 aliphatic heterocycles. The van der Waals surface area contributed by atoms with E-state index in [4.69, 9.17) is 10.5 Å². The summed E-state index contributed by atoms with van der Waals surface area (Å²) in [6.07, 6.45) is 4.98. The van der Waals surface area contributed by atoms with E-state index in [-0.39, 0.29) is 29.8 Å². The van der Waals surface area contributed by atoms with Crippen molar-refractivity contribution in [1.82, 2.24) is 24.7 Å². The van der Waals surface area contributed by atoms with E-state index in [2.05, 4.69) is 20.1 Å². The predicted molar refractivity (Wildman–Crippen MR) is 81.6 cm³/mol. The van der Waals surface area contributed by atoms with Gasteiger partial charge in [0.15, 0.2) is 11.4 Å². The number of anilines is 1. The van der Waals surface area contributed by atoms with Crippen molar-refractivity contribution >= 4 is 5.95 Å². The number of rotatable bonds is 4.